The minimum atomic E-state index is 0.742. The van der Waals surface area contributed by atoms with E-state index in [1.54, 1.807) is 0 Å². The summed E-state index contributed by atoms with van der Waals surface area (Å²) in [6.07, 6.45) is 4.26. The molecule has 78 valence electrons. The van der Waals surface area contributed by atoms with E-state index < -0.39 is 0 Å². The van der Waals surface area contributed by atoms with Crippen molar-refractivity contribution in [1.29, 1.82) is 0 Å². The summed E-state index contributed by atoms with van der Waals surface area (Å²) < 4.78 is 0. The molecular formula is C12H25N. The summed E-state index contributed by atoms with van der Waals surface area (Å²) in [5.74, 6) is 1.86. The standard InChI is InChI=1S/C12H25N/c1-10(2)12-6-5-8-13(9-7-12)11(3)4/h10-12H,5-9H2,1-4H3. The maximum absolute atomic E-state index is 2.63. The predicted molar refractivity (Wildman–Crippen MR) is 58.9 cm³/mol. The lowest BCUT2D eigenvalue weighted by Crippen LogP contribution is -2.31. The van der Waals surface area contributed by atoms with Crippen molar-refractivity contribution in [2.75, 3.05) is 13.1 Å². The lowest BCUT2D eigenvalue weighted by Gasteiger charge is -2.24. The molecule has 1 saturated heterocycles. The second-order valence-corrected chi connectivity index (χ2v) is 5.06. The van der Waals surface area contributed by atoms with Crippen LogP contribution in [0.15, 0.2) is 0 Å². The predicted octanol–water partition coefficient (Wildman–Crippen LogP) is 3.15. The van der Waals surface area contributed by atoms with Gasteiger partial charge in [-0.1, -0.05) is 13.8 Å². The molecule has 1 rings (SSSR count). The third-order valence-corrected chi connectivity index (χ3v) is 3.48. The third kappa shape index (κ3) is 3.30. The molecule has 0 radical (unpaired) electrons. The van der Waals surface area contributed by atoms with Crippen molar-refractivity contribution in [3.05, 3.63) is 0 Å². The molecule has 1 nitrogen and oxygen atoms in total. The first-order valence-electron chi connectivity index (χ1n) is 5.85. The van der Waals surface area contributed by atoms with Gasteiger partial charge in [0, 0.05) is 6.04 Å². The first-order chi connectivity index (χ1) is 6.11. The molecule has 0 bridgehead atoms. The Kier molecular flexibility index (Phi) is 4.24. The molecular weight excluding hydrogens is 158 g/mol. The Morgan fingerprint density at radius 3 is 2.23 bits per heavy atom. The van der Waals surface area contributed by atoms with E-state index in [4.69, 9.17) is 0 Å². The fourth-order valence-corrected chi connectivity index (χ4v) is 2.33. The van der Waals surface area contributed by atoms with Crippen LogP contribution < -0.4 is 0 Å². The Labute approximate surface area is 83.5 Å². The maximum atomic E-state index is 2.63. The van der Waals surface area contributed by atoms with Crippen LogP contribution in [-0.2, 0) is 0 Å². The van der Waals surface area contributed by atoms with Crippen LogP contribution in [0.1, 0.15) is 47.0 Å². The summed E-state index contributed by atoms with van der Waals surface area (Å²) in [5.41, 5.74) is 0. The normalized spacial score (nSPS) is 26.8. The molecule has 0 aromatic rings. The van der Waals surface area contributed by atoms with Gasteiger partial charge in [-0.3, -0.25) is 0 Å². The lowest BCUT2D eigenvalue weighted by molar-refractivity contribution is 0.224. The first-order valence-corrected chi connectivity index (χ1v) is 5.85. The number of likely N-dealkylation sites (tertiary alicyclic amines) is 1. The van der Waals surface area contributed by atoms with Gasteiger partial charge in [0.25, 0.3) is 0 Å². The highest BCUT2D eigenvalue weighted by atomic mass is 15.1. The Balaban J connectivity index is 2.39. The fraction of sp³-hybridized carbons (Fsp3) is 1.00. The highest BCUT2D eigenvalue weighted by Crippen LogP contribution is 2.25. The quantitative estimate of drug-likeness (QED) is 0.635. The molecule has 1 atom stereocenters. The van der Waals surface area contributed by atoms with Gasteiger partial charge >= 0.3 is 0 Å². The van der Waals surface area contributed by atoms with Crippen LogP contribution in [0.5, 0.6) is 0 Å². The molecule has 0 aromatic carbocycles. The zero-order valence-electron chi connectivity index (χ0n) is 9.71. The van der Waals surface area contributed by atoms with Crippen LogP contribution >= 0.6 is 0 Å². The van der Waals surface area contributed by atoms with Crippen LogP contribution in [0.2, 0.25) is 0 Å². The van der Waals surface area contributed by atoms with Gasteiger partial charge in [0.15, 0.2) is 0 Å². The molecule has 1 unspecified atom stereocenters. The monoisotopic (exact) mass is 183 g/mol. The number of nitrogens with zero attached hydrogens (tertiary/aromatic N) is 1. The maximum Gasteiger partial charge on any atom is 0.00385 e. The van der Waals surface area contributed by atoms with Crippen molar-refractivity contribution in [3.63, 3.8) is 0 Å². The topological polar surface area (TPSA) is 3.24 Å². The minimum absolute atomic E-state index is 0.742. The lowest BCUT2D eigenvalue weighted by atomic mass is 9.89. The highest BCUT2D eigenvalue weighted by molar-refractivity contribution is 4.73. The average molecular weight is 183 g/mol. The second-order valence-electron chi connectivity index (χ2n) is 5.06. The van der Waals surface area contributed by atoms with E-state index in [1.807, 2.05) is 0 Å². The molecule has 0 aliphatic carbocycles. The SMILES string of the molecule is CC(C)C1CCCN(C(C)C)CC1. The molecule has 1 fully saturated rings. The molecule has 1 heteroatoms. The van der Waals surface area contributed by atoms with Crippen LogP contribution in [0.4, 0.5) is 0 Å². The molecule has 13 heavy (non-hydrogen) atoms. The molecule has 1 aliphatic rings. The van der Waals surface area contributed by atoms with E-state index in [0.29, 0.717) is 0 Å². The third-order valence-electron chi connectivity index (χ3n) is 3.48. The summed E-state index contributed by atoms with van der Waals surface area (Å²) in [6, 6.07) is 0.742. The van der Waals surface area contributed by atoms with Gasteiger partial charge in [-0.2, -0.15) is 0 Å². The Bertz CT molecular complexity index is 124. The van der Waals surface area contributed by atoms with Gasteiger partial charge in [-0.15, -0.1) is 0 Å². The van der Waals surface area contributed by atoms with Crippen molar-refractivity contribution in [2.45, 2.75) is 53.0 Å². The number of hydrogen-bond acceptors (Lipinski definition) is 1. The second kappa shape index (κ2) is 4.99. The summed E-state index contributed by atoms with van der Waals surface area (Å²) in [7, 11) is 0. The van der Waals surface area contributed by atoms with Gasteiger partial charge in [-0.25, -0.2) is 0 Å². The number of rotatable bonds is 2. The van der Waals surface area contributed by atoms with Gasteiger partial charge in [0.1, 0.15) is 0 Å². The summed E-state index contributed by atoms with van der Waals surface area (Å²) in [4.78, 5) is 2.63. The average Bonchev–Trinajstić information content (AvgIpc) is 2.27. The number of hydrogen-bond donors (Lipinski definition) is 0. The van der Waals surface area contributed by atoms with Crippen LogP contribution in [0.25, 0.3) is 0 Å². The van der Waals surface area contributed by atoms with E-state index in [2.05, 4.69) is 32.6 Å². The molecule has 0 spiro atoms. The summed E-state index contributed by atoms with van der Waals surface area (Å²) in [5, 5.41) is 0. The van der Waals surface area contributed by atoms with Gasteiger partial charge in [0.2, 0.25) is 0 Å². The molecule has 0 saturated carbocycles. The largest absolute Gasteiger partial charge is 0.301 e. The van der Waals surface area contributed by atoms with Crippen molar-refractivity contribution < 1.29 is 0 Å². The first kappa shape index (κ1) is 11.0. The van der Waals surface area contributed by atoms with Gasteiger partial charge in [-0.05, 0) is 58.0 Å². The fourth-order valence-electron chi connectivity index (χ4n) is 2.33. The van der Waals surface area contributed by atoms with Gasteiger partial charge < -0.3 is 4.90 Å². The molecule has 0 amide bonds. The minimum Gasteiger partial charge on any atom is -0.301 e. The smallest absolute Gasteiger partial charge is 0.00385 e. The Morgan fingerprint density at radius 1 is 1.00 bits per heavy atom. The summed E-state index contributed by atoms with van der Waals surface area (Å²) in [6.45, 7) is 12.0. The van der Waals surface area contributed by atoms with Crippen LogP contribution in [0, 0.1) is 11.8 Å². The highest BCUT2D eigenvalue weighted by Gasteiger charge is 2.20. The van der Waals surface area contributed by atoms with E-state index in [9.17, 15) is 0 Å². The molecule has 0 N–H and O–H groups in total. The Hall–Kier alpha value is -0.0400. The van der Waals surface area contributed by atoms with Crippen molar-refractivity contribution in [1.82, 2.24) is 4.90 Å². The molecule has 1 heterocycles. The van der Waals surface area contributed by atoms with Crippen LogP contribution in [0.3, 0.4) is 0 Å². The molecule has 0 aromatic heterocycles. The van der Waals surface area contributed by atoms with Crippen molar-refractivity contribution in [2.24, 2.45) is 11.8 Å². The van der Waals surface area contributed by atoms with Crippen molar-refractivity contribution in [3.8, 4) is 0 Å². The van der Waals surface area contributed by atoms with E-state index in [0.717, 1.165) is 17.9 Å². The van der Waals surface area contributed by atoms with Crippen LogP contribution in [-0.4, -0.2) is 24.0 Å². The molecule has 1 aliphatic heterocycles. The van der Waals surface area contributed by atoms with Gasteiger partial charge in [0.05, 0.1) is 0 Å². The zero-order valence-corrected chi connectivity index (χ0v) is 9.71. The Morgan fingerprint density at radius 2 is 1.69 bits per heavy atom. The summed E-state index contributed by atoms with van der Waals surface area (Å²) >= 11 is 0. The van der Waals surface area contributed by atoms with E-state index in [-0.39, 0.29) is 0 Å². The van der Waals surface area contributed by atoms with Crippen molar-refractivity contribution >= 4 is 0 Å². The van der Waals surface area contributed by atoms with E-state index >= 15 is 0 Å². The van der Waals surface area contributed by atoms with E-state index in [1.165, 1.54) is 32.4 Å². The zero-order chi connectivity index (χ0) is 9.84.